The molecule has 102 valence electrons. The normalized spacial score (nSPS) is 23.2. The number of nitrogens with zero attached hydrogens (tertiary/aromatic N) is 2. The van der Waals surface area contributed by atoms with Gasteiger partial charge in [0, 0.05) is 26.9 Å². The number of carbonyl (C=O) groups is 3. The monoisotopic (exact) mass is 258 g/mol. The Bertz CT molecular complexity index is 325. The van der Waals surface area contributed by atoms with E-state index in [1.165, 1.54) is 23.6 Å². The summed E-state index contributed by atoms with van der Waals surface area (Å²) in [6.07, 6.45) is -1.77. The van der Waals surface area contributed by atoms with Crippen LogP contribution in [0, 0.1) is 0 Å². The summed E-state index contributed by atoms with van der Waals surface area (Å²) in [6.45, 7) is 6.75. The number of hydrogen-bond acceptors (Lipinski definition) is 5. The Labute approximate surface area is 106 Å². The van der Waals surface area contributed by atoms with Crippen LogP contribution in [0.1, 0.15) is 27.7 Å². The van der Waals surface area contributed by atoms with Gasteiger partial charge in [-0.15, -0.1) is 0 Å². The molecule has 1 rings (SSSR count). The van der Waals surface area contributed by atoms with Crippen molar-refractivity contribution in [2.24, 2.45) is 0 Å². The van der Waals surface area contributed by atoms with E-state index >= 15 is 0 Å². The highest BCUT2D eigenvalue weighted by Gasteiger charge is 2.48. The van der Waals surface area contributed by atoms with Crippen molar-refractivity contribution < 1.29 is 23.9 Å². The highest BCUT2D eigenvalue weighted by Crippen LogP contribution is 2.24. The third-order valence-corrected chi connectivity index (χ3v) is 2.60. The van der Waals surface area contributed by atoms with E-state index < -0.39 is 24.4 Å². The van der Waals surface area contributed by atoms with Crippen molar-refractivity contribution >= 4 is 18.0 Å². The highest BCUT2D eigenvalue weighted by atomic mass is 16.6. The fourth-order valence-electron chi connectivity index (χ4n) is 1.90. The van der Waals surface area contributed by atoms with Gasteiger partial charge in [0.1, 0.15) is 0 Å². The third-order valence-electron chi connectivity index (χ3n) is 2.60. The molecule has 1 heterocycles. The summed E-state index contributed by atoms with van der Waals surface area (Å²) >= 11 is 0. The molecule has 2 atom stereocenters. The molecular formula is C11H18N2O5. The summed E-state index contributed by atoms with van der Waals surface area (Å²) in [6, 6.07) is -0.308. The van der Waals surface area contributed by atoms with Crippen molar-refractivity contribution in [2.45, 2.75) is 40.2 Å². The SMILES string of the molecule is CCN1C(=O)N(CC)[C@@H](OC(C)=O)[C@H]1OC(C)=O. The van der Waals surface area contributed by atoms with Crippen LogP contribution in [-0.4, -0.2) is 53.3 Å². The number of esters is 2. The first-order chi connectivity index (χ1) is 8.42. The van der Waals surface area contributed by atoms with Gasteiger partial charge in [-0.3, -0.25) is 19.4 Å². The Hall–Kier alpha value is -1.79. The van der Waals surface area contributed by atoms with E-state index in [1.807, 2.05) is 0 Å². The minimum Gasteiger partial charge on any atom is -0.435 e. The molecule has 0 spiro atoms. The number of ether oxygens (including phenoxy) is 2. The van der Waals surface area contributed by atoms with E-state index in [0.29, 0.717) is 13.1 Å². The van der Waals surface area contributed by atoms with E-state index in [2.05, 4.69) is 0 Å². The fourth-order valence-corrected chi connectivity index (χ4v) is 1.90. The molecule has 1 fully saturated rings. The molecule has 1 aliphatic rings. The Morgan fingerprint density at radius 1 is 1.00 bits per heavy atom. The average molecular weight is 258 g/mol. The standard InChI is InChI=1S/C11H18N2O5/c1-5-12-9(17-7(3)14)10(18-8(4)15)13(6-2)11(12)16/h9-10H,5-6H2,1-4H3/t9-,10+. The summed E-state index contributed by atoms with van der Waals surface area (Å²) in [7, 11) is 0. The maximum absolute atomic E-state index is 12.0. The lowest BCUT2D eigenvalue weighted by molar-refractivity contribution is -0.179. The fraction of sp³-hybridized carbons (Fsp3) is 0.727. The minimum absolute atomic E-state index is 0.308. The van der Waals surface area contributed by atoms with E-state index in [-0.39, 0.29) is 6.03 Å². The number of urea groups is 1. The predicted octanol–water partition coefficient (Wildman–Crippen LogP) is 0.542. The van der Waals surface area contributed by atoms with Crippen molar-refractivity contribution in [1.82, 2.24) is 9.80 Å². The molecule has 18 heavy (non-hydrogen) atoms. The molecule has 0 saturated carbocycles. The molecule has 0 aliphatic carbocycles. The average Bonchev–Trinajstić information content (AvgIpc) is 2.49. The Balaban J connectivity index is 3.00. The Kier molecular flexibility index (Phi) is 4.52. The number of carbonyl (C=O) groups excluding carboxylic acids is 3. The van der Waals surface area contributed by atoms with Crippen LogP contribution in [0.4, 0.5) is 4.79 Å². The lowest BCUT2D eigenvalue weighted by Crippen LogP contribution is -2.43. The lowest BCUT2D eigenvalue weighted by atomic mass is 10.4. The van der Waals surface area contributed by atoms with Crippen LogP contribution < -0.4 is 0 Å². The molecule has 7 nitrogen and oxygen atoms in total. The van der Waals surface area contributed by atoms with Crippen LogP contribution in [0.2, 0.25) is 0 Å². The molecule has 0 aromatic rings. The van der Waals surface area contributed by atoms with Gasteiger partial charge in [0.05, 0.1) is 0 Å². The van der Waals surface area contributed by atoms with Gasteiger partial charge in [0.2, 0.25) is 12.5 Å². The molecule has 0 radical (unpaired) electrons. The molecule has 1 aliphatic heterocycles. The van der Waals surface area contributed by atoms with Gasteiger partial charge < -0.3 is 9.47 Å². The van der Waals surface area contributed by atoms with E-state index in [1.54, 1.807) is 13.8 Å². The van der Waals surface area contributed by atoms with Gasteiger partial charge in [0.15, 0.2) is 0 Å². The van der Waals surface area contributed by atoms with Crippen LogP contribution in [-0.2, 0) is 19.1 Å². The maximum Gasteiger partial charge on any atom is 0.326 e. The second kappa shape index (κ2) is 5.70. The largest absolute Gasteiger partial charge is 0.435 e. The van der Waals surface area contributed by atoms with Crippen molar-refractivity contribution in [2.75, 3.05) is 13.1 Å². The summed E-state index contributed by atoms with van der Waals surface area (Å²) < 4.78 is 10.2. The van der Waals surface area contributed by atoms with Crippen molar-refractivity contribution in [3.63, 3.8) is 0 Å². The molecule has 7 heteroatoms. The number of likely N-dealkylation sites (N-methyl/N-ethyl adjacent to an activating group) is 2. The van der Waals surface area contributed by atoms with Gasteiger partial charge in [-0.05, 0) is 13.8 Å². The van der Waals surface area contributed by atoms with Crippen LogP contribution >= 0.6 is 0 Å². The van der Waals surface area contributed by atoms with Crippen molar-refractivity contribution in [1.29, 1.82) is 0 Å². The second-order valence-electron chi connectivity index (χ2n) is 3.85. The summed E-state index contributed by atoms with van der Waals surface area (Å²) in [4.78, 5) is 36.9. The van der Waals surface area contributed by atoms with Crippen LogP contribution in [0.25, 0.3) is 0 Å². The van der Waals surface area contributed by atoms with Crippen LogP contribution in [0.3, 0.4) is 0 Å². The summed E-state index contributed by atoms with van der Waals surface area (Å²) in [5.41, 5.74) is 0. The highest BCUT2D eigenvalue weighted by molar-refractivity contribution is 5.79. The van der Waals surface area contributed by atoms with Gasteiger partial charge >= 0.3 is 18.0 Å². The van der Waals surface area contributed by atoms with E-state index in [9.17, 15) is 14.4 Å². The summed E-state index contributed by atoms with van der Waals surface area (Å²) in [5.74, 6) is -1.05. The minimum atomic E-state index is -0.885. The first-order valence-corrected chi connectivity index (χ1v) is 5.84. The van der Waals surface area contributed by atoms with Crippen molar-refractivity contribution in [3.05, 3.63) is 0 Å². The Morgan fingerprint density at radius 2 is 1.33 bits per heavy atom. The molecule has 2 amide bonds. The smallest absolute Gasteiger partial charge is 0.326 e. The lowest BCUT2D eigenvalue weighted by Gasteiger charge is -2.25. The quantitative estimate of drug-likeness (QED) is 0.688. The van der Waals surface area contributed by atoms with Gasteiger partial charge in [-0.25, -0.2) is 4.79 Å². The van der Waals surface area contributed by atoms with E-state index in [4.69, 9.17) is 9.47 Å². The molecule has 0 unspecified atom stereocenters. The van der Waals surface area contributed by atoms with Gasteiger partial charge in [0.25, 0.3) is 0 Å². The zero-order chi connectivity index (χ0) is 13.9. The third kappa shape index (κ3) is 2.72. The predicted molar refractivity (Wildman–Crippen MR) is 61.3 cm³/mol. The molecule has 1 saturated heterocycles. The number of rotatable bonds is 4. The molecule has 0 aromatic carbocycles. The molecule has 0 bridgehead atoms. The number of hydrogen-bond donors (Lipinski definition) is 0. The maximum atomic E-state index is 12.0. The van der Waals surface area contributed by atoms with Gasteiger partial charge in [-0.1, -0.05) is 0 Å². The molecular weight excluding hydrogens is 240 g/mol. The van der Waals surface area contributed by atoms with Gasteiger partial charge in [-0.2, -0.15) is 0 Å². The zero-order valence-electron chi connectivity index (χ0n) is 11.0. The molecule has 0 aromatic heterocycles. The molecule has 0 N–H and O–H groups in total. The first kappa shape index (κ1) is 14.3. The van der Waals surface area contributed by atoms with Crippen molar-refractivity contribution in [3.8, 4) is 0 Å². The first-order valence-electron chi connectivity index (χ1n) is 5.84. The van der Waals surface area contributed by atoms with Crippen LogP contribution in [0.15, 0.2) is 0 Å². The van der Waals surface area contributed by atoms with Crippen LogP contribution in [0.5, 0.6) is 0 Å². The van der Waals surface area contributed by atoms with E-state index in [0.717, 1.165) is 0 Å². The Morgan fingerprint density at radius 3 is 1.56 bits per heavy atom. The summed E-state index contributed by atoms with van der Waals surface area (Å²) in [5, 5.41) is 0. The second-order valence-corrected chi connectivity index (χ2v) is 3.85. The number of amides is 2. The topological polar surface area (TPSA) is 76.2 Å². The zero-order valence-corrected chi connectivity index (χ0v) is 11.0.